The molecule has 2 aliphatic rings. The molecule has 1 aromatic rings. The number of hydrogen-bond donors (Lipinski definition) is 1. The minimum Gasteiger partial charge on any atom is -0.396 e. The summed E-state index contributed by atoms with van der Waals surface area (Å²) in [5.74, 6) is 1.55. The summed E-state index contributed by atoms with van der Waals surface area (Å²) in [6.45, 7) is 11.2. The van der Waals surface area contributed by atoms with Crippen molar-refractivity contribution < 1.29 is 14.4 Å². The van der Waals surface area contributed by atoms with Crippen LogP contribution in [0.3, 0.4) is 0 Å². The van der Waals surface area contributed by atoms with Gasteiger partial charge in [-0.3, -0.25) is 9.80 Å². The molecule has 6 heteroatoms. The van der Waals surface area contributed by atoms with Crippen LogP contribution in [-0.2, 0) is 11.3 Å². The first-order chi connectivity index (χ1) is 11.7. The lowest BCUT2D eigenvalue weighted by Gasteiger charge is -2.45. The Labute approximate surface area is 144 Å². The minimum atomic E-state index is 0.288. The molecule has 1 N–H and O–H groups in total. The second kappa shape index (κ2) is 8.43. The highest BCUT2D eigenvalue weighted by Gasteiger charge is 2.34. The third-order valence-corrected chi connectivity index (χ3v) is 5.59. The molecule has 0 amide bonds. The molecule has 0 bridgehead atoms. The van der Waals surface area contributed by atoms with Crippen molar-refractivity contribution in [2.45, 2.75) is 45.7 Å². The molecule has 2 fully saturated rings. The van der Waals surface area contributed by atoms with E-state index in [4.69, 9.17) is 9.26 Å². The molecular weight excluding hydrogens is 306 g/mol. The number of aliphatic hydroxyl groups is 1. The maximum Gasteiger partial charge on any atom is 0.138 e. The van der Waals surface area contributed by atoms with Gasteiger partial charge in [-0.05, 0) is 45.6 Å². The topological polar surface area (TPSA) is 62.0 Å². The number of morpholine rings is 1. The fourth-order valence-corrected chi connectivity index (χ4v) is 4.22. The Bertz CT molecular complexity index is 494. The lowest BCUT2D eigenvalue weighted by atomic mass is 9.86. The molecule has 136 valence electrons. The van der Waals surface area contributed by atoms with Crippen molar-refractivity contribution >= 4 is 0 Å². The molecular formula is C18H31N3O3. The van der Waals surface area contributed by atoms with Crippen LogP contribution in [-0.4, -0.2) is 72.1 Å². The van der Waals surface area contributed by atoms with E-state index in [9.17, 15) is 5.11 Å². The highest BCUT2D eigenvalue weighted by molar-refractivity contribution is 5.20. The van der Waals surface area contributed by atoms with Crippen LogP contribution in [0.5, 0.6) is 0 Å². The molecule has 24 heavy (non-hydrogen) atoms. The van der Waals surface area contributed by atoms with Crippen LogP contribution in [0.2, 0.25) is 0 Å². The first-order valence-corrected chi connectivity index (χ1v) is 9.25. The van der Waals surface area contributed by atoms with Gasteiger partial charge in [-0.15, -0.1) is 0 Å². The smallest absolute Gasteiger partial charge is 0.138 e. The van der Waals surface area contributed by atoms with E-state index in [-0.39, 0.29) is 6.61 Å². The van der Waals surface area contributed by atoms with Crippen molar-refractivity contribution in [1.29, 1.82) is 0 Å². The molecule has 1 aromatic heterocycles. The number of ether oxygens (including phenoxy) is 1. The maximum absolute atomic E-state index is 9.27. The summed E-state index contributed by atoms with van der Waals surface area (Å²) < 4.78 is 10.8. The number of aromatic nitrogens is 1. The van der Waals surface area contributed by atoms with Crippen molar-refractivity contribution in [2.24, 2.45) is 5.92 Å². The summed E-state index contributed by atoms with van der Waals surface area (Å²) in [6.07, 6.45) is 3.18. The van der Waals surface area contributed by atoms with Crippen LogP contribution in [0.15, 0.2) is 4.52 Å². The van der Waals surface area contributed by atoms with Crippen molar-refractivity contribution in [3.05, 3.63) is 17.0 Å². The van der Waals surface area contributed by atoms with Crippen LogP contribution in [0, 0.1) is 19.8 Å². The Kier molecular flexibility index (Phi) is 6.27. The van der Waals surface area contributed by atoms with E-state index in [2.05, 4.69) is 15.0 Å². The van der Waals surface area contributed by atoms with Crippen molar-refractivity contribution in [3.8, 4) is 0 Å². The van der Waals surface area contributed by atoms with Gasteiger partial charge in [-0.2, -0.15) is 0 Å². The Balaban J connectivity index is 1.64. The van der Waals surface area contributed by atoms with Crippen molar-refractivity contribution in [1.82, 2.24) is 15.0 Å². The molecule has 3 heterocycles. The average molecular weight is 337 g/mol. The Morgan fingerprint density at radius 3 is 2.67 bits per heavy atom. The predicted octanol–water partition coefficient (Wildman–Crippen LogP) is 1.59. The molecule has 0 unspecified atom stereocenters. The SMILES string of the molecule is Cc1noc(C)c1CN1CC[C@H](N2CCOCC2)[C@H](CCCO)C1. The van der Waals surface area contributed by atoms with Crippen LogP contribution < -0.4 is 0 Å². The highest BCUT2D eigenvalue weighted by atomic mass is 16.5. The zero-order chi connectivity index (χ0) is 16.9. The zero-order valence-electron chi connectivity index (χ0n) is 15.0. The summed E-state index contributed by atoms with van der Waals surface area (Å²) >= 11 is 0. The fourth-order valence-electron chi connectivity index (χ4n) is 4.22. The monoisotopic (exact) mass is 337 g/mol. The summed E-state index contributed by atoms with van der Waals surface area (Å²) in [4.78, 5) is 5.14. The summed E-state index contributed by atoms with van der Waals surface area (Å²) in [5.41, 5.74) is 2.25. The molecule has 0 spiro atoms. The van der Waals surface area contributed by atoms with Gasteiger partial charge < -0.3 is 14.4 Å². The maximum atomic E-state index is 9.27. The molecule has 2 atom stereocenters. The standard InChI is InChI=1S/C18H31N3O3/c1-14-17(15(2)24-19-14)13-20-6-5-18(16(12-20)4-3-9-22)21-7-10-23-11-8-21/h16,18,22H,3-13H2,1-2H3/t16-,18+/m1/s1. The van der Waals surface area contributed by atoms with E-state index >= 15 is 0 Å². The number of likely N-dealkylation sites (tertiary alicyclic amines) is 1. The number of piperidine rings is 1. The van der Waals surface area contributed by atoms with E-state index in [0.29, 0.717) is 12.0 Å². The van der Waals surface area contributed by atoms with Crippen LogP contribution in [0.4, 0.5) is 0 Å². The van der Waals surface area contributed by atoms with E-state index < -0.39 is 0 Å². The first-order valence-electron chi connectivity index (χ1n) is 9.25. The number of nitrogens with zero attached hydrogens (tertiary/aromatic N) is 3. The molecule has 0 aliphatic carbocycles. The van der Waals surface area contributed by atoms with Gasteiger partial charge >= 0.3 is 0 Å². The average Bonchev–Trinajstić information content (AvgIpc) is 2.93. The van der Waals surface area contributed by atoms with Crippen LogP contribution >= 0.6 is 0 Å². The van der Waals surface area contributed by atoms with E-state index in [1.807, 2.05) is 13.8 Å². The fraction of sp³-hybridized carbons (Fsp3) is 0.833. The van der Waals surface area contributed by atoms with Gasteiger partial charge in [-0.25, -0.2) is 0 Å². The molecule has 0 saturated carbocycles. The lowest BCUT2D eigenvalue weighted by molar-refractivity contribution is -0.0232. The number of hydrogen-bond acceptors (Lipinski definition) is 6. The quantitative estimate of drug-likeness (QED) is 0.850. The third-order valence-electron chi connectivity index (χ3n) is 5.59. The zero-order valence-corrected chi connectivity index (χ0v) is 15.0. The molecule has 0 radical (unpaired) electrons. The van der Waals surface area contributed by atoms with Gasteiger partial charge in [-0.1, -0.05) is 5.16 Å². The summed E-state index contributed by atoms with van der Waals surface area (Å²) in [6, 6.07) is 0.626. The van der Waals surface area contributed by atoms with E-state index in [1.165, 1.54) is 12.0 Å². The molecule has 2 aliphatic heterocycles. The number of rotatable bonds is 6. The van der Waals surface area contributed by atoms with Crippen LogP contribution in [0.1, 0.15) is 36.3 Å². The summed E-state index contributed by atoms with van der Waals surface area (Å²) in [7, 11) is 0. The normalized spacial score (nSPS) is 26.8. The molecule has 2 saturated heterocycles. The Morgan fingerprint density at radius 2 is 2.00 bits per heavy atom. The van der Waals surface area contributed by atoms with E-state index in [1.54, 1.807) is 0 Å². The highest BCUT2D eigenvalue weighted by Crippen LogP contribution is 2.28. The van der Waals surface area contributed by atoms with Gasteiger partial charge in [0, 0.05) is 44.4 Å². The first kappa shape index (κ1) is 17.9. The third kappa shape index (κ3) is 4.17. The van der Waals surface area contributed by atoms with Crippen molar-refractivity contribution in [3.63, 3.8) is 0 Å². The van der Waals surface area contributed by atoms with Gasteiger partial charge in [0.2, 0.25) is 0 Å². The lowest BCUT2D eigenvalue weighted by Crippen LogP contribution is -2.53. The molecule has 0 aromatic carbocycles. The summed E-state index contributed by atoms with van der Waals surface area (Å²) in [5, 5.41) is 13.4. The largest absolute Gasteiger partial charge is 0.396 e. The van der Waals surface area contributed by atoms with Crippen LogP contribution in [0.25, 0.3) is 0 Å². The minimum absolute atomic E-state index is 0.288. The number of aryl methyl sites for hydroxylation is 2. The van der Waals surface area contributed by atoms with E-state index in [0.717, 1.165) is 70.2 Å². The Hall–Kier alpha value is -0.950. The second-order valence-corrected chi connectivity index (χ2v) is 7.17. The second-order valence-electron chi connectivity index (χ2n) is 7.17. The van der Waals surface area contributed by atoms with Crippen molar-refractivity contribution in [2.75, 3.05) is 46.0 Å². The van der Waals surface area contributed by atoms with Gasteiger partial charge in [0.15, 0.2) is 0 Å². The van der Waals surface area contributed by atoms with Gasteiger partial charge in [0.25, 0.3) is 0 Å². The number of aliphatic hydroxyl groups excluding tert-OH is 1. The molecule has 6 nitrogen and oxygen atoms in total. The van der Waals surface area contributed by atoms with Gasteiger partial charge in [0.05, 0.1) is 18.9 Å². The predicted molar refractivity (Wildman–Crippen MR) is 91.9 cm³/mol. The Morgan fingerprint density at radius 1 is 1.21 bits per heavy atom. The molecule has 3 rings (SSSR count). The van der Waals surface area contributed by atoms with Gasteiger partial charge in [0.1, 0.15) is 5.76 Å².